The molecule has 0 saturated carbocycles. The van der Waals surface area contributed by atoms with Crippen molar-refractivity contribution in [2.24, 2.45) is 0 Å². The Morgan fingerprint density at radius 1 is 1.16 bits per heavy atom. The van der Waals surface area contributed by atoms with Gasteiger partial charge in [0.2, 0.25) is 0 Å². The number of benzene rings is 1. The van der Waals surface area contributed by atoms with Crippen molar-refractivity contribution in [1.29, 1.82) is 0 Å². The van der Waals surface area contributed by atoms with E-state index < -0.39 is 5.82 Å². The van der Waals surface area contributed by atoms with Crippen LogP contribution in [-0.2, 0) is 0 Å². The van der Waals surface area contributed by atoms with Crippen LogP contribution in [0.4, 0.5) is 21.8 Å². The highest BCUT2D eigenvalue weighted by atomic mass is 35.5. The molecule has 0 atom stereocenters. The van der Waals surface area contributed by atoms with Crippen LogP contribution in [-0.4, -0.2) is 24.9 Å². The molecule has 124 valence electrons. The summed E-state index contributed by atoms with van der Waals surface area (Å²) in [7, 11) is 0. The van der Waals surface area contributed by atoms with Gasteiger partial charge in [-0.05, 0) is 18.2 Å². The molecule has 0 amide bonds. The molecule has 4 N–H and O–H groups in total. The van der Waals surface area contributed by atoms with Crippen LogP contribution in [0, 0.1) is 5.82 Å². The van der Waals surface area contributed by atoms with Crippen LogP contribution in [0.2, 0.25) is 5.02 Å². The molecule has 0 unspecified atom stereocenters. The van der Waals surface area contributed by atoms with E-state index in [4.69, 9.17) is 17.3 Å². The number of hydrogen-bond acceptors (Lipinski definition) is 6. The van der Waals surface area contributed by atoms with Crippen molar-refractivity contribution in [3.63, 3.8) is 0 Å². The molecule has 0 aliphatic rings. The van der Waals surface area contributed by atoms with Crippen LogP contribution in [0.3, 0.4) is 0 Å². The van der Waals surface area contributed by atoms with Gasteiger partial charge in [-0.1, -0.05) is 17.7 Å². The molecule has 0 radical (unpaired) electrons. The maximum atomic E-state index is 14.1. The van der Waals surface area contributed by atoms with Gasteiger partial charge in [-0.3, -0.25) is 0 Å². The fraction of sp³-hybridized carbons (Fsp3) is 0. The summed E-state index contributed by atoms with van der Waals surface area (Å²) >= 11 is 6.12. The number of nitrogens with zero attached hydrogens (tertiary/aromatic N) is 4. The van der Waals surface area contributed by atoms with Gasteiger partial charge in [-0.2, -0.15) is 0 Å². The molecule has 9 heteroatoms. The molecule has 0 aliphatic heterocycles. The molecule has 25 heavy (non-hydrogen) atoms. The Morgan fingerprint density at radius 2 is 2.04 bits per heavy atom. The lowest BCUT2D eigenvalue weighted by atomic mass is 10.2. The fourth-order valence-corrected chi connectivity index (χ4v) is 2.68. The molecule has 4 aromatic rings. The number of rotatable bonds is 3. The van der Waals surface area contributed by atoms with Gasteiger partial charge >= 0.3 is 0 Å². The molecular formula is C16H11ClFN7. The van der Waals surface area contributed by atoms with E-state index in [0.717, 1.165) is 0 Å². The number of halogens is 2. The number of imidazole rings is 1. The summed E-state index contributed by atoms with van der Waals surface area (Å²) in [6.45, 7) is 0. The van der Waals surface area contributed by atoms with Gasteiger partial charge in [-0.25, -0.2) is 24.3 Å². The Labute approximate surface area is 146 Å². The lowest BCUT2D eigenvalue weighted by Gasteiger charge is -2.04. The summed E-state index contributed by atoms with van der Waals surface area (Å²) < 4.78 is 14.1. The predicted octanol–water partition coefficient (Wildman–Crippen LogP) is 3.53. The fourth-order valence-electron chi connectivity index (χ4n) is 2.43. The quantitative estimate of drug-likeness (QED) is 0.519. The monoisotopic (exact) mass is 355 g/mol. The Balaban J connectivity index is 1.82. The molecule has 1 aromatic carbocycles. The van der Waals surface area contributed by atoms with Crippen LogP contribution in [0.1, 0.15) is 0 Å². The van der Waals surface area contributed by atoms with E-state index in [0.29, 0.717) is 34.3 Å². The van der Waals surface area contributed by atoms with Gasteiger partial charge in [0.05, 0.1) is 16.1 Å². The number of aromatic amines is 1. The molecule has 0 bridgehead atoms. The third-order valence-corrected chi connectivity index (χ3v) is 3.85. The maximum Gasteiger partial charge on any atom is 0.159 e. The summed E-state index contributed by atoms with van der Waals surface area (Å²) in [5.41, 5.74) is 7.05. The topological polar surface area (TPSA) is 105 Å². The summed E-state index contributed by atoms with van der Waals surface area (Å²) in [6.07, 6.45) is 2.94. The summed E-state index contributed by atoms with van der Waals surface area (Å²) in [4.78, 5) is 19.7. The molecule has 3 aromatic heterocycles. The van der Waals surface area contributed by atoms with Crippen molar-refractivity contribution in [3.8, 4) is 11.4 Å². The lowest BCUT2D eigenvalue weighted by molar-refractivity contribution is 0.630. The highest BCUT2D eigenvalue weighted by molar-refractivity contribution is 6.33. The molecule has 0 aliphatic carbocycles. The van der Waals surface area contributed by atoms with Crippen LogP contribution in [0.25, 0.3) is 22.4 Å². The largest absolute Gasteiger partial charge is 0.384 e. The number of nitrogen functional groups attached to an aromatic ring is 1. The summed E-state index contributed by atoms with van der Waals surface area (Å²) in [5.74, 6) is 1.10. The Morgan fingerprint density at radius 3 is 2.84 bits per heavy atom. The smallest absolute Gasteiger partial charge is 0.159 e. The number of aromatic nitrogens is 5. The lowest BCUT2D eigenvalue weighted by Crippen LogP contribution is -1.99. The Hall–Kier alpha value is -3.26. The number of fused-ring (bicyclic) bond motifs is 1. The van der Waals surface area contributed by atoms with Gasteiger partial charge in [-0.15, -0.1) is 0 Å². The van der Waals surface area contributed by atoms with Gasteiger partial charge in [0.15, 0.2) is 5.82 Å². The number of nitrogens with one attached hydrogen (secondary N) is 2. The van der Waals surface area contributed by atoms with Gasteiger partial charge in [0.1, 0.15) is 35.1 Å². The molecule has 0 spiro atoms. The third kappa shape index (κ3) is 2.83. The van der Waals surface area contributed by atoms with Crippen LogP contribution >= 0.6 is 11.6 Å². The van der Waals surface area contributed by atoms with Crippen LogP contribution < -0.4 is 11.1 Å². The van der Waals surface area contributed by atoms with Crippen molar-refractivity contribution in [2.75, 3.05) is 11.1 Å². The van der Waals surface area contributed by atoms with Gasteiger partial charge in [0.25, 0.3) is 0 Å². The van der Waals surface area contributed by atoms with E-state index >= 15 is 0 Å². The number of anilines is 3. The minimum absolute atomic E-state index is 0.206. The van der Waals surface area contributed by atoms with Gasteiger partial charge < -0.3 is 16.0 Å². The van der Waals surface area contributed by atoms with E-state index in [1.807, 2.05) is 0 Å². The average Bonchev–Trinajstić information content (AvgIpc) is 2.99. The average molecular weight is 356 g/mol. The number of pyridine rings is 1. The molecule has 0 saturated heterocycles. The second kappa shape index (κ2) is 5.99. The second-order valence-corrected chi connectivity index (χ2v) is 5.60. The van der Waals surface area contributed by atoms with E-state index in [-0.39, 0.29) is 10.6 Å². The van der Waals surface area contributed by atoms with Crippen LogP contribution in [0.15, 0.2) is 42.9 Å². The van der Waals surface area contributed by atoms with E-state index in [9.17, 15) is 4.39 Å². The number of hydrogen-bond donors (Lipinski definition) is 3. The zero-order valence-corrected chi connectivity index (χ0v) is 13.4. The standard InChI is InChI=1S/C16H11ClFN7/c17-8-2-1-3-9(18)13(8)15-23-10-4-5-20-16(14(10)25-15)24-12-6-11(19)21-7-22-12/h1-7H,(H,23,25)(H3,19,20,21,22,24). The number of H-pyrrole nitrogens is 1. The first-order valence-corrected chi connectivity index (χ1v) is 7.63. The predicted molar refractivity (Wildman–Crippen MR) is 94.0 cm³/mol. The number of nitrogens with two attached hydrogens (primary N) is 1. The Kier molecular flexibility index (Phi) is 3.66. The summed E-state index contributed by atoms with van der Waals surface area (Å²) in [6, 6.07) is 7.78. The highest BCUT2D eigenvalue weighted by Crippen LogP contribution is 2.31. The first kappa shape index (κ1) is 15.3. The third-order valence-electron chi connectivity index (χ3n) is 3.54. The summed E-state index contributed by atoms with van der Waals surface area (Å²) in [5, 5.41) is 3.30. The minimum Gasteiger partial charge on any atom is -0.384 e. The van der Waals surface area contributed by atoms with Crippen molar-refractivity contribution >= 4 is 40.1 Å². The van der Waals surface area contributed by atoms with Crippen molar-refractivity contribution in [1.82, 2.24) is 24.9 Å². The molecular weight excluding hydrogens is 345 g/mol. The zero-order chi connectivity index (χ0) is 17.4. The van der Waals surface area contributed by atoms with Crippen molar-refractivity contribution in [3.05, 3.63) is 53.7 Å². The van der Waals surface area contributed by atoms with Crippen molar-refractivity contribution in [2.45, 2.75) is 0 Å². The highest BCUT2D eigenvalue weighted by Gasteiger charge is 2.16. The second-order valence-electron chi connectivity index (χ2n) is 5.19. The van der Waals surface area contributed by atoms with Crippen molar-refractivity contribution < 1.29 is 4.39 Å². The Bertz CT molecular complexity index is 1060. The molecule has 3 heterocycles. The first-order chi connectivity index (χ1) is 12.1. The SMILES string of the molecule is Nc1cc(Nc2nccc3[nH]c(-c4c(F)cccc4Cl)nc23)ncn1. The molecule has 4 rings (SSSR count). The maximum absolute atomic E-state index is 14.1. The normalized spacial score (nSPS) is 11.0. The van der Waals surface area contributed by atoms with E-state index in [1.165, 1.54) is 18.5 Å². The van der Waals surface area contributed by atoms with Gasteiger partial charge in [0, 0.05) is 12.3 Å². The minimum atomic E-state index is -0.461. The molecule has 0 fully saturated rings. The zero-order valence-electron chi connectivity index (χ0n) is 12.7. The first-order valence-electron chi connectivity index (χ1n) is 7.25. The molecule has 7 nitrogen and oxygen atoms in total. The van der Waals surface area contributed by atoms with Crippen LogP contribution in [0.5, 0.6) is 0 Å². The van der Waals surface area contributed by atoms with E-state index in [1.54, 1.807) is 24.4 Å². The van der Waals surface area contributed by atoms with E-state index in [2.05, 4.69) is 30.2 Å².